The van der Waals surface area contributed by atoms with E-state index in [9.17, 15) is 19.1 Å². The van der Waals surface area contributed by atoms with Gasteiger partial charge in [0.2, 0.25) is 0 Å². The largest absolute Gasteiger partial charge is 0.507 e. The number of ether oxygens (including phenoxy) is 2. The van der Waals surface area contributed by atoms with Gasteiger partial charge in [0.05, 0.1) is 41.6 Å². The SMILES string of the molecule is COc1cccc(C2/C(=C(\O)c3ccccc3OC)C(=O)C(=O)N2c2nc3ccc(F)cc3s2)c1. The Kier molecular flexibility index (Phi) is 5.70. The number of aromatic nitrogens is 1. The molecule has 1 atom stereocenters. The zero-order valence-electron chi connectivity index (χ0n) is 18.7. The maximum Gasteiger partial charge on any atom is 0.301 e. The van der Waals surface area contributed by atoms with Gasteiger partial charge in [0, 0.05) is 0 Å². The highest BCUT2D eigenvalue weighted by Crippen LogP contribution is 2.45. The van der Waals surface area contributed by atoms with Crippen LogP contribution in [0, 0.1) is 5.82 Å². The smallest absolute Gasteiger partial charge is 0.301 e. The van der Waals surface area contributed by atoms with Crippen LogP contribution in [0.2, 0.25) is 0 Å². The molecule has 1 N–H and O–H groups in total. The number of fused-ring (bicyclic) bond motifs is 1. The van der Waals surface area contributed by atoms with E-state index in [-0.39, 0.29) is 22.0 Å². The summed E-state index contributed by atoms with van der Waals surface area (Å²) in [5.74, 6) is -1.67. The van der Waals surface area contributed by atoms with E-state index in [0.717, 1.165) is 11.3 Å². The van der Waals surface area contributed by atoms with Crippen LogP contribution in [-0.4, -0.2) is 36.0 Å². The van der Waals surface area contributed by atoms with E-state index in [4.69, 9.17) is 9.47 Å². The number of halogens is 1. The first kappa shape index (κ1) is 22.5. The van der Waals surface area contributed by atoms with Gasteiger partial charge in [0.15, 0.2) is 5.13 Å². The molecule has 0 spiro atoms. The van der Waals surface area contributed by atoms with Crippen LogP contribution < -0.4 is 14.4 Å². The van der Waals surface area contributed by atoms with E-state index in [0.29, 0.717) is 27.3 Å². The average Bonchev–Trinajstić information content (AvgIpc) is 3.41. The topological polar surface area (TPSA) is 89.0 Å². The van der Waals surface area contributed by atoms with Gasteiger partial charge in [-0.1, -0.05) is 35.6 Å². The molecule has 1 aromatic heterocycles. The number of nitrogens with zero attached hydrogens (tertiary/aromatic N) is 2. The molecule has 1 saturated heterocycles. The van der Waals surface area contributed by atoms with E-state index in [1.54, 1.807) is 48.5 Å². The number of anilines is 1. The minimum absolute atomic E-state index is 0.113. The maximum atomic E-state index is 13.8. The second-order valence-electron chi connectivity index (χ2n) is 7.75. The number of para-hydroxylation sites is 1. The van der Waals surface area contributed by atoms with Gasteiger partial charge in [-0.05, 0) is 48.0 Å². The molecule has 1 aliphatic heterocycles. The van der Waals surface area contributed by atoms with Crippen LogP contribution in [0.1, 0.15) is 17.2 Å². The lowest BCUT2D eigenvalue weighted by molar-refractivity contribution is -0.132. The van der Waals surface area contributed by atoms with E-state index in [1.807, 2.05) is 0 Å². The summed E-state index contributed by atoms with van der Waals surface area (Å²) in [6.45, 7) is 0. The van der Waals surface area contributed by atoms with Gasteiger partial charge in [-0.2, -0.15) is 0 Å². The molecule has 1 amide bonds. The van der Waals surface area contributed by atoms with Crippen molar-refractivity contribution >= 4 is 44.1 Å². The molecule has 1 aliphatic rings. The molecule has 0 aliphatic carbocycles. The van der Waals surface area contributed by atoms with Gasteiger partial charge in [-0.15, -0.1) is 0 Å². The fourth-order valence-corrected chi connectivity index (χ4v) is 5.15. The van der Waals surface area contributed by atoms with Gasteiger partial charge in [0.25, 0.3) is 5.78 Å². The molecule has 35 heavy (non-hydrogen) atoms. The van der Waals surface area contributed by atoms with Gasteiger partial charge >= 0.3 is 5.91 Å². The lowest BCUT2D eigenvalue weighted by Gasteiger charge is -2.23. The van der Waals surface area contributed by atoms with Crippen molar-refractivity contribution in [3.8, 4) is 11.5 Å². The highest BCUT2D eigenvalue weighted by atomic mass is 32.1. The molecule has 0 radical (unpaired) electrons. The Labute approximate surface area is 203 Å². The van der Waals surface area contributed by atoms with Crippen LogP contribution in [0.3, 0.4) is 0 Å². The molecule has 5 rings (SSSR count). The van der Waals surface area contributed by atoms with Crippen molar-refractivity contribution in [3.63, 3.8) is 0 Å². The first-order valence-electron chi connectivity index (χ1n) is 10.6. The summed E-state index contributed by atoms with van der Waals surface area (Å²) in [5.41, 5.74) is 1.18. The summed E-state index contributed by atoms with van der Waals surface area (Å²) in [7, 11) is 2.96. The number of carbonyl (C=O) groups is 2. The lowest BCUT2D eigenvalue weighted by Crippen LogP contribution is -2.29. The molecular formula is C26H19FN2O5S. The number of benzene rings is 3. The first-order valence-corrected chi connectivity index (χ1v) is 11.4. The summed E-state index contributed by atoms with van der Waals surface area (Å²) >= 11 is 1.08. The van der Waals surface area contributed by atoms with Crippen LogP contribution in [0.5, 0.6) is 11.5 Å². The van der Waals surface area contributed by atoms with Crippen LogP contribution in [0.25, 0.3) is 16.0 Å². The Morgan fingerprint density at radius 2 is 1.83 bits per heavy atom. The summed E-state index contributed by atoms with van der Waals surface area (Å²) in [5, 5.41) is 11.5. The van der Waals surface area contributed by atoms with Gasteiger partial charge in [-0.3, -0.25) is 14.5 Å². The average molecular weight is 491 g/mol. The molecule has 1 unspecified atom stereocenters. The third kappa shape index (κ3) is 3.79. The van der Waals surface area contributed by atoms with Crippen LogP contribution in [0.4, 0.5) is 9.52 Å². The molecule has 3 aromatic carbocycles. The van der Waals surface area contributed by atoms with E-state index in [1.165, 1.54) is 37.3 Å². The van der Waals surface area contributed by atoms with Crippen molar-refractivity contribution in [3.05, 3.63) is 89.2 Å². The Morgan fingerprint density at radius 3 is 2.60 bits per heavy atom. The monoisotopic (exact) mass is 490 g/mol. The molecule has 1 fully saturated rings. The zero-order valence-corrected chi connectivity index (χ0v) is 19.5. The number of hydrogen-bond donors (Lipinski definition) is 1. The number of rotatable bonds is 5. The Bertz CT molecular complexity index is 1510. The quantitative estimate of drug-likeness (QED) is 0.239. The van der Waals surface area contributed by atoms with Crippen molar-refractivity contribution in [1.29, 1.82) is 0 Å². The summed E-state index contributed by atoms with van der Waals surface area (Å²) in [4.78, 5) is 32.4. The number of aliphatic hydroxyl groups excluding tert-OH is 1. The number of hydrogen-bond acceptors (Lipinski definition) is 7. The van der Waals surface area contributed by atoms with Crippen LogP contribution in [0.15, 0.2) is 72.3 Å². The van der Waals surface area contributed by atoms with Gasteiger partial charge < -0.3 is 14.6 Å². The van der Waals surface area contributed by atoms with Gasteiger partial charge in [-0.25, -0.2) is 9.37 Å². The highest BCUT2D eigenvalue weighted by Gasteiger charge is 2.48. The standard InChI is InChI=1S/C26H19FN2O5S/c1-33-16-7-5-6-14(12-16)22-21(23(30)17-8-3-4-9-19(17)34-2)24(31)25(32)29(22)26-28-18-11-10-15(27)13-20(18)35-26/h3-13,22,30H,1-2H3/b23-21+. The molecule has 0 saturated carbocycles. The fourth-order valence-electron chi connectivity index (χ4n) is 4.13. The fraction of sp³-hybridized carbons (Fsp3) is 0.115. The van der Waals surface area contributed by atoms with Crippen molar-refractivity contribution in [2.45, 2.75) is 6.04 Å². The van der Waals surface area contributed by atoms with Crippen molar-refractivity contribution in [1.82, 2.24) is 4.98 Å². The predicted octanol–water partition coefficient (Wildman–Crippen LogP) is 5.08. The van der Waals surface area contributed by atoms with Crippen molar-refractivity contribution in [2.75, 3.05) is 19.1 Å². The molecular weight excluding hydrogens is 471 g/mol. The van der Waals surface area contributed by atoms with Crippen molar-refractivity contribution in [2.24, 2.45) is 0 Å². The number of carbonyl (C=O) groups excluding carboxylic acids is 2. The third-order valence-electron chi connectivity index (χ3n) is 5.76. The molecule has 2 heterocycles. The third-order valence-corrected chi connectivity index (χ3v) is 6.78. The van der Waals surface area contributed by atoms with Crippen LogP contribution >= 0.6 is 11.3 Å². The first-order chi connectivity index (χ1) is 16.9. The summed E-state index contributed by atoms with van der Waals surface area (Å²) < 4.78 is 25.0. The Hall–Kier alpha value is -4.24. The predicted molar refractivity (Wildman–Crippen MR) is 130 cm³/mol. The minimum atomic E-state index is -1.000. The normalized spacial score (nSPS) is 17.2. The highest BCUT2D eigenvalue weighted by molar-refractivity contribution is 7.22. The second kappa shape index (κ2) is 8.84. The Balaban J connectivity index is 1.76. The number of Topliss-reactive ketones (excluding diaryl/α,β-unsaturated/α-hetero) is 1. The maximum absolute atomic E-state index is 13.8. The molecule has 176 valence electrons. The number of methoxy groups -OCH3 is 2. The van der Waals surface area contributed by atoms with Crippen molar-refractivity contribution < 1.29 is 28.6 Å². The molecule has 0 bridgehead atoms. The van der Waals surface area contributed by atoms with E-state index >= 15 is 0 Å². The van der Waals surface area contributed by atoms with E-state index in [2.05, 4.69) is 4.98 Å². The zero-order chi connectivity index (χ0) is 24.7. The number of aliphatic hydroxyl groups is 1. The number of amides is 1. The summed E-state index contributed by atoms with van der Waals surface area (Å²) in [6.07, 6.45) is 0. The van der Waals surface area contributed by atoms with Crippen LogP contribution in [-0.2, 0) is 9.59 Å². The number of thiazole rings is 1. The van der Waals surface area contributed by atoms with E-state index < -0.39 is 23.5 Å². The molecule has 7 nitrogen and oxygen atoms in total. The second-order valence-corrected chi connectivity index (χ2v) is 8.76. The summed E-state index contributed by atoms with van der Waals surface area (Å²) in [6, 6.07) is 16.7. The van der Waals surface area contributed by atoms with Gasteiger partial charge in [0.1, 0.15) is 23.1 Å². The molecule has 9 heteroatoms. The Morgan fingerprint density at radius 1 is 1.03 bits per heavy atom. The molecule has 4 aromatic rings. The number of ketones is 1. The lowest BCUT2D eigenvalue weighted by atomic mass is 9.95. The minimum Gasteiger partial charge on any atom is -0.507 e.